The van der Waals surface area contributed by atoms with E-state index in [2.05, 4.69) is 15.6 Å². The van der Waals surface area contributed by atoms with Crippen molar-refractivity contribution < 1.29 is 4.79 Å². The summed E-state index contributed by atoms with van der Waals surface area (Å²) in [5.41, 5.74) is 1.21. The first-order chi connectivity index (χ1) is 9.31. The molecule has 1 aromatic rings. The topological polar surface area (TPSA) is 54.0 Å². The molecule has 1 aliphatic carbocycles. The van der Waals surface area contributed by atoms with Gasteiger partial charge in [-0.3, -0.25) is 4.79 Å². The fraction of sp³-hybridized carbons (Fsp3) is 0.714. The lowest BCUT2D eigenvalue weighted by Gasteiger charge is -2.08. The molecule has 1 atom stereocenters. The highest BCUT2D eigenvalue weighted by Gasteiger charge is 2.18. The molecule has 112 valence electrons. The number of nitrogens with one attached hydrogen (secondary N) is 2. The molecule has 0 bridgehead atoms. The number of aromatic nitrogens is 1. The standard InChI is InChI=1S/C14H21N3OS.ClH/c18-13(8-7-10-4-3-9-15-10)17-14-16-11-5-1-2-6-12(11)19-14;/h10,15H,1-9H2,(H,16,17,18);1H. The van der Waals surface area contributed by atoms with Crippen molar-refractivity contribution in [2.24, 2.45) is 0 Å². The molecule has 20 heavy (non-hydrogen) atoms. The van der Waals surface area contributed by atoms with Gasteiger partial charge in [0.1, 0.15) is 0 Å². The molecular formula is C14H22ClN3OS. The van der Waals surface area contributed by atoms with Gasteiger partial charge in [-0.1, -0.05) is 0 Å². The Hall–Kier alpha value is -0.650. The summed E-state index contributed by atoms with van der Waals surface area (Å²) in [4.78, 5) is 17.8. The van der Waals surface area contributed by atoms with E-state index >= 15 is 0 Å². The summed E-state index contributed by atoms with van der Waals surface area (Å²) in [6, 6.07) is 0.537. The maximum atomic E-state index is 11.9. The number of aryl methyl sites for hydroxylation is 2. The second-order valence-corrected chi connectivity index (χ2v) is 6.56. The number of carbonyl (C=O) groups is 1. The van der Waals surface area contributed by atoms with E-state index in [0.29, 0.717) is 12.5 Å². The molecule has 6 heteroatoms. The molecule has 2 N–H and O–H groups in total. The second-order valence-electron chi connectivity index (χ2n) is 5.48. The number of hydrogen-bond donors (Lipinski definition) is 2. The van der Waals surface area contributed by atoms with Crippen LogP contribution in [0.5, 0.6) is 0 Å². The Morgan fingerprint density at radius 3 is 2.95 bits per heavy atom. The monoisotopic (exact) mass is 315 g/mol. The van der Waals surface area contributed by atoms with E-state index < -0.39 is 0 Å². The fourth-order valence-electron chi connectivity index (χ4n) is 2.90. The van der Waals surface area contributed by atoms with Crippen LogP contribution in [0.25, 0.3) is 0 Å². The normalized spacial score (nSPS) is 21.1. The predicted molar refractivity (Wildman–Crippen MR) is 84.9 cm³/mol. The van der Waals surface area contributed by atoms with E-state index in [1.807, 2.05) is 0 Å². The first-order valence-electron chi connectivity index (χ1n) is 7.33. The molecule has 0 saturated carbocycles. The fourth-order valence-corrected chi connectivity index (χ4v) is 3.96. The predicted octanol–water partition coefficient (Wildman–Crippen LogP) is 2.91. The highest BCUT2D eigenvalue weighted by Crippen LogP contribution is 2.29. The number of anilines is 1. The van der Waals surface area contributed by atoms with Crippen molar-refractivity contribution >= 4 is 34.8 Å². The van der Waals surface area contributed by atoms with Gasteiger partial charge in [-0.2, -0.15) is 0 Å². The minimum Gasteiger partial charge on any atom is -0.314 e. The van der Waals surface area contributed by atoms with Crippen LogP contribution in [0.3, 0.4) is 0 Å². The molecule has 1 unspecified atom stereocenters. The van der Waals surface area contributed by atoms with Gasteiger partial charge in [0, 0.05) is 17.3 Å². The molecule has 0 aromatic carbocycles. The second kappa shape index (κ2) is 7.38. The molecule has 1 aromatic heterocycles. The Labute approximate surface area is 130 Å². The number of nitrogens with zero attached hydrogens (tertiary/aromatic N) is 1. The minimum absolute atomic E-state index is 0. The number of rotatable bonds is 4. The Morgan fingerprint density at radius 1 is 1.35 bits per heavy atom. The van der Waals surface area contributed by atoms with Crippen molar-refractivity contribution in [3.63, 3.8) is 0 Å². The molecule has 1 aliphatic heterocycles. The van der Waals surface area contributed by atoms with E-state index in [9.17, 15) is 4.79 Å². The molecular weight excluding hydrogens is 294 g/mol. The van der Waals surface area contributed by atoms with Gasteiger partial charge in [-0.05, 0) is 51.5 Å². The van der Waals surface area contributed by atoms with Gasteiger partial charge in [0.2, 0.25) is 5.91 Å². The average molecular weight is 316 g/mol. The van der Waals surface area contributed by atoms with Gasteiger partial charge in [0.25, 0.3) is 0 Å². The lowest BCUT2D eigenvalue weighted by molar-refractivity contribution is -0.116. The van der Waals surface area contributed by atoms with Crippen molar-refractivity contribution in [3.05, 3.63) is 10.6 Å². The van der Waals surface area contributed by atoms with Crippen LogP contribution in [0.15, 0.2) is 0 Å². The maximum absolute atomic E-state index is 11.9. The van der Waals surface area contributed by atoms with Crippen LogP contribution < -0.4 is 10.6 Å². The molecule has 1 saturated heterocycles. The molecule has 4 nitrogen and oxygen atoms in total. The number of thiazole rings is 1. The third-order valence-electron chi connectivity index (χ3n) is 3.97. The van der Waals surface area contributed by atoms with Crippen molar-refractivity contribution in [3.8, 4) is 0 Å². The van der Waals surface area contributed by atoms with Crippen molar-refractivity contribution in [1.82, 2.24) is 10.3 Å². The van der Waals surface area contributed by atoms with E-state index in [4.69, 9.17) is 0 Å². The summed E-state index contributed by atoms with van der Waals surface area (Å²) in [5, 5.41) is 7.19. The Bertz CT molecular complexity index is 434. The zero-order valence-electron chi connectivity index (χ0n) is 11.6. The summed E-state index contributed by atoms with van der Waals surface area (Å²) in [6.07, 6.45) is 8.69. The highest BCUT2D eigenvalue weighted by molar-refractivity contribution is 7.15. The van der Waals surface area contributed by atoms with E-state index in [1.54, 1.807) is 11.3 Å². The van der Waals surface area contributed by atoms with Crippen molar-refractivity contribution in [1.29, 1.82) is 0 Å². The molecule has 0 radical (unpaired) electrons. The van der Waals surface area contributed by atoms with E-state index in [-0.39, 0.29) is 18.3 Å². The van der Waals surface area contributed by atoms with Gasteiger partial charge in [0.15, 0.2) is 5.13 Å². The molecule has 1 amide bonds. The molecule has 2 heterocycles. The third-order valence-corrected chi connectivity index (χ3v) is 5.05. The van der Waals surface area contributed by atoms with Crippen molar-refractivity contribution in [2.45, 2.75) is 57.4 Å². The molecule has 3 rings (SSSR count). The lowest BCUT2D eigenvalue weighted by Crippen LogP contribution is -2.23. The lowest BCUT2D eigenvalue weighted by atomic mass is 10.0. The zero-order valence-corrected chi connectivity index (χ0v) is 13.2. The Morgan fingerprint density at radius 2 is 2.20 bits per heavy atom. The van der Waals surface area contributed by atoms with Crippen LogP contribution in [-0.2, 0) is 17.6 Å². The first kappa shape index (κ1) is 15.7. The largest absolute Gasteiger partial charge is 0.314 e. The minimum atomic E-state index is 0. The zero-order chi connectivity index (χ0) is 13.1. The van der Waals surface area contributed by atoms with Crippen LogP contribution in [0.4, 0.5) is 5.13 Å². The van der Waals surface area contributed by atoms with Gasteiger partial charge in [-0.15, -0.1) is 23.7 Å². The van der Waals surface area contributed by atoms with Gasteiger partial charge < -0.3 is 10.6 Å². The van der Waals surface area contributed by atoms with Crippen LogP contribution in [-0.4, -0.2) is 23.5 Å². The highest BCUT2D eigenvalue weighted by atomic mass is 35.5. The molecule has 0 spiro atoms. The average Bonchev–Trinajstić information content (AvgIpc) is 3.04. The Balaban J connectivity index is 0.00000147. The number of amides is 1. The number of carbonyl (C=O) groups excluding carboxylic acids is 1. The number of fused-ring (bicyclic) bond motifs is 1. The van der Waals surface area contributed by atoms with E-state index in [1.165, 1.54) is 36.3 Å². The summed E-state index contributed by atoms with van der Waals surface area (Å²) in [6.45, 7) is 1.10. The SMILES string of the molecule is Cl.O=C(CCC1CCCN1)Nc1nc2c(s1)CCCC2. The molecule has 2 aliphatic rings. The quantitative estimate of drug-likeness (QED) is 0.898. The van der Waals surface area contributed by atoms with Crippen LogP contribution >= 0.6 is 23.7 Å². The van der Waals surface area contributed by atoms with Crippen LogP contribution in [0.2, 0.25) is 0 Å². The van der Waals surface area contributed by atoms with Gasteiger partial charge >= 0.3 is 0 Å². The van der Waals surface area contributed by atoms with Crippen LogP contribution in [0.1, 0.15) is 49.1 Å². The van der Waals surface area contributed by atoms with Crippen LogP contribution in [0, 0.1) is 0 Å². The molecule has 1 fully saturated rings. The van der Waals surface area contributed by atoms with E-state index in [0.717, 1.165) is 30.9 Å². The number of halogens is 1. The maximum Gasteiger partial charge on any atom is 0.226 e. The van der Waals surface area contributed by atoms with Gasteiger partial charge in [-0.25, -0.2) is 4.98 Å². The first-order valence-corrected chi connectivity index (χ1v) is 8.15. The summed E-state index contributed by atoms with van der Waals surface area (Å²) in [7, 11) is 0. The van der Waals surface area contributed by atoms with Gasteiger partial charge in [0.05, 0.1) is 5.69 Å². The summed E-state index contributed by atoms with van der Waals surface area (Å²) >= 11 is 1.66. The summed E-state index contributed by atoms with van der Waals surface area (Å²) in [5.74, 6) is 0.111. The smallest absolute Gasteiger partial charge is 0.226 e. The van der Waals surface area contributed by atoms with Crippen molar-refractivity contribution in [2.75, 3.05) is 11.9 Å². The third kappa shape index (κ3) is 3.93. The number of hydrogen-bond acceptors (Lipinski definition) is 4. The summed E-state index contributed by atoms with van der Waals surface area (Å²) < 4.78 is 0. The Kier molecular flexibility index (Phi) is 5.81.